The number of likely N-dealkylation sites (N-methyl/N-ethyl adjacent to an activating group) is 1. The van der Waals surface area contributed by atoms with Gasteiger partial charge in [0.2, 0.25) is 0 Å². The molecule has 0 bridgehead atoms. The Kier molecular flexibility index (Phi) is 5.70. The molecular formula is C15H19F3N2O3. The molecule has 0 radical (unpaired) electrons. The molecule has 0 saturated carbocycles. The minimum absolute atomic E-state index is 0.0344. The third kappa shape index (κ3) is 5.97. The van der Waals surface area contributed by atoms with Gasteiger partial charge < -0.3 is 19.7 Å². The highest BCUT2D eigenvalue weighted by molar-refractivity contribution is 5.89. The van der Waals surface area contributed by atoms with Crippen molar-refractivity contribution in [3.63, 3.8) is 0 Å². The Morgan fingerprint density at radius 3 is 2.91 bits per heavy atom. The molecule has 1 aromatic rings. The van der Waals surface area contributed by atoms with Gasteiger partial charge in [-0.25, -0.2) is 4.79 Å². The summed E-state index contributed by atoms with van der Waals surface area (Å²) in [7, 11) is 1.64. The molecule has 0 aromatic heterocycles. The summed E-state index contributed by atoms with van der Waals surface area (Å²) < 4.78 is 46.5. The van der Waals surface area contributed by atoms with E-state index in [0.717, 1.165) is 12.8 Å². The van der Waals surface area contributed by atoms with Crippen molar-refractivity contribution in [2.75, 3.05) is 32.1 Å². The van der Waals surface area contributed by atoms with Crippen LogP contribution >= 0.6 is 0 Å². The number of carbonyl (C=O) groups is 1. The van der Waals surface area contributed by atoms with Crippen molar-refractivity contribution < 1.29 is 27.4 Å². The molecule has 2 rings (SSSR count). The summed E-state index contributed by atoms with van der Waals surface area (Å²) in [5.41, 5.74) is 0.369. The summed E-state index contributed by atoms with van der Waals surface area (Å²) in [5.74, 6) is 0.0434. The van der Waals surface area contributed by atoms with Gasteiger partial charge in [0, 0.05) is 32.0 Å². The van der Waals surface area contributed by atoms with Gasteiger partial charge in [-0.1, -0.05) is 6.07 Å². The summed E-state index contributed by atoms with van der Waals surface area (Å²) in [4.78, 5) is 13.6. The first kappa shape index (κ1) is 17.4. The second kappa shape index (κ2) is 7.54. The fourth-order valence-electron chi connectivity index (χ4n) is 2.22. The van der Waals surface area contributed by atoms with Crippen molar-refractivity contribution >= 4 is 11.7 Å². The first-order valence-corrected chi connectivity index (χ1v) is 7.27. The van der Waals surface area contributed by atoms with Crippen LogP contribution in [0.1, 0.15) is 12.8 Å². The van der Waals surface area contributed by atoms with Crippen molar-refractivity contribution in [1.29, 1.82) is 0 Å². The highest BCUT2D eigenvalue weighted by atomic mass is 19.4. The molecule has 1 aliphatic rings. The van der Waals surface area contributed by atoms with Gasteiger partial charge in [0.05, 0.1) is 6.10 Å². The summed E-state index contributed by atoms with van der Waals surface area (Å²) in [6.45, 7) is -0.196. The van der Waals surface area contributed by atoms with Crippen LogP contribution in [0.3, 0.4) is 0 Å². The molecule has 23 heavy (non-hydrogen) atoms. The zero-order valence-corrected chi connectivity index (χ0v) is 12.7. The van der Waals surface area contributed by atoms with Gasteiger partial charge in [0.25, 0.3) is 0 Å². The Morgan fingerprint density at radius 1 is 1.48 bits per heavy atom. The lowest BCUT2D eigenvalue weighted by molar-refractivity contribution is -0.153. The number of carbonyl (C=O) groups excluding carboxylic acids is 1. The van der Waals surface area contributed by atoms with Crippen molar-refractivity contribution in [3.05, 3.63) is 24.3 Å². The molecular weight excluding hydrogens is 313 g/mol. The molecule has 1 aliphatic heterocycles. The van der Waals surface area contributed by atoms with Gasteiger partial charge in [-0.3, -0.25) is 0 Å². The average molecular weight is 332 g/mol. The van der Waals surface area contributed by atoms with Gasteiger partial charge in [0.1, 0.15) is 5.75 Å². The third-order valence-corrected chi connectivity index (χ3v) is 3.34. The number of nitrogens with zero attached hydrogens (tertiary/aromatic N) is 1. The molecule has 1 heterocycles. The number of amides is 2. The summed E-state index contributed by atoms with van der Waals surface area (Å²) in [6.07, 6.45) is -2.47. The Balaban J connectivity index is 1.87. The van der Waals surface area contributed by atoms with E-state index in [9.17, 15) is 18.0 Å². The van der Waals surface area contributed by atoms with E-state index in [1.165, 1.54) is 23.1 Å². The van der Waals surface area contributed by atoms with Gasteiger partial charge in [-0.2, -0.15) is 13.2 Å². The van der Waals surface area contributed by atoms with Gasteiger partial charge >= 0.3 is 12.2 Å². The number of anilines is 1. The molecule has 1 N–H and O–H groups in total. The quantitative estimate of drug-likeness (QED) is 0.900. The van der Waals surface area contributed by atoms with Crippen molar-refractivity contribution in [2.24, 2.45) is 0 Å². The molecule has 0 aliphatic carbocycles. The first-order chi connectivity index (χ1) is 10.8. The molecule has 1 saturated heterocycles. The normalized spacial score (nSPS) is 17.8. The first-order valence-electron chi connectivity index (χ1n) is 7.27. The second-order valence-corrected chi connectivity index (χ2v) is 5.38. The van der Waals surface area contributed by atoms with E-state index in [1.807, 2.05) is 0 Å². The van der Waals surface area contributed by atoms with Crippen LogP contribution in [0.15, 0.2) is 24.3 Å². The SMILES string of the molecule is CN(C[C@@H]1CCCO1)C(=O)Nc1cccc(OCC(F)(F)F)c1. The number of rotatable bonds is 5. The predicted molar refractivity (Wildman–Crippen MR) is 78.6 cm³/mol. The molecule has 0 unspecified atom stereocenters. The molecule has 1 atom stereocenters. The fourth-order valence-corrected chi connectivity index (χ4v) is 2.22. The molecule has 8 heteroatoms. The van der Waals surface area contributed by atoms with Crippen LogP contribution in [-0.4, -0.2) is 50.0 Å². The van der Waals surface area contributed by atoms with Crippen molar-refractivity contribution in [3.8, 4) is 5.75 Å². The minimum Gasteiger partial charge on any atom is -0.484 e. The molecule has 5 nitrogen and oxygen atoms in total. The second-order valence-electron chi connectivity index (χ2n) is 5.38. The summed E-state index contributed by atoms with van der Waals surface area (Å²) in [6, 6.07) is 5.49. The van der Waals surface area contributed by atoms with Crippen LogP contribution in [0.2, 0.25) is 0 Å². The number of nitrogens with one attached hydrogen (secondary N) is 1. The van der Waals surface area contributed by atoms with Crippen molar-refractivity contribution in [1.82, 2.24) is 4.90 Å². The largest absolute Gasteiger partial charge is 0.484 e. The number of alkyl halides is 3. The van der Waals surface area contributed by atoms with Crippen LogP contribution < -0.4 is 10.1 Å². The average Bonchev–Trinajstić information content (AvgIpc) is 2.97. The number of benzene rings is 1. The lowest BCUT2D eigenvalue weighted by Gasteiger charge is -2.21. The fraction of sp³-hybridized carbons (Fsp3) is 0.533. The standard InChI is InChI=1S/C15H19F3N2O3/c1-20(9-13-6-3-7-22-13)14(21)19-11-4-2-5-12(8-11)23-10-15(16,17)18/h2,4-5,8,13H,3,6-7,9-10H2,1H3,(H,19,21)/t13-/m0/s1. The zero-order chi connectivity index (χ0) is 16.9. The highest BCUT2D eigenvalue weighted by Crippen LogP contribution is 2.21. The van der Waals surface area contributed by atoms with E-state index in [2.05, 4.69) is 10.1 Å². The monoisotopic (exact) mass is 332 g/mol. The van der Waals surface area contributed by atoms with Gasteiger partial charge in [-0.05, 0) is 25.0 Å². The Labute approximate surface area is 132 Å². The van der Waals surface area contributed by atoms with E-state index in [-0.39, 0.29) is 17.9 Å². The lowest BCUT2D eigenvalue weighted by Crippen LogP contribution is -2.37. The van der Waals surface area contributed by atoms with E-state index in [0.29, 0.717) is 18.8 Å². The summed E-state index contributed by atoms with van der Waals surface area (Å²) >= 11 is 0. The molecule has 0 spiro atoms. The maximum absolute atomic E-state index is 12.1. The molecule has 128 valence electrons. The predicted octanol–water partition coefficient (Wildman–Crippen LogP) is 3.27. The highest BCUT2D eigenvalue weighted by Gasteiger charge is 2.28. The van der Waals surface area contributed by atoms with Crippen LogP contribution in [0.4, 0.5) is 23.7 Å². The number of hydrogen-bond donors (Lipinski definition) is 1. The van der Waals surface area contributed by atoms with Crippen LogP contribution in [0.25, 0.3) is 0 Å². The molecule has 2 amide bonds. The number of ether oxygens (including phenoxy) is 2. The Morgan fingerprint density at radius 2 is 2.26 bits per heavy atom. The Hall–Kier alpha value is -1.96. The van der Waals surface area contributed by atoms with Crippen molar-refractivity contribution in [2.45, 2.75) is 25.1 Å². The molecule has 1 fully saturated rings. The topological polar surface area (TPSA) is 50.8 Å². The van der Waals surface area contributed by atoms with E-state index < -0.39 is 12.8 Å². The number of halogens is 3. The van der Waals surface area contributed by atoms with Crippen LogP contribution in [-0.2, 0) is 4.74 Å². The van der Waals surface area contributed by atoms with Gasteiger partial charge in [-0.15, -0.1) is 0 Å². The summed E-state index contributed by atoms with van der Waals surface area (Å²) in [5, 5.41) is 2.62. The maximum Gasteiger partial charge on any atom is 0.422 e. The number of urea groups is 1. The minimum atomic E-state index is -4.40. The smallest absolute Gasteiger partial charge is 0.422 e. The Bertz CT molecular complexity index is 531. The molecule has 1 aromatic carbocycles. The zero-order valence-electron chi connectivity index (χ0n) is 12.7. The van der Waals surface area contributed by atoms with E-state index >= 15 is 0 Å². The lowest BCUT2D eigenvalue weighted by atomic mass is 10.2. The van der Waals surface area contributed by atoms with Crippen LogP contribution in [0, 0.1) is 0 Å². The maximum atomic E-state index is 12.1. The number of hydrogen-bond acceptors (Lipinski definition) is 3. The van der Waals surface area contributed by atoms with E-state index in [4.69, 9.17) is 4.74 Å². The van der Waals surface area contributed by atoms with E-state index in [1.54, 1.807) is 13.1 Å². The van der Waals surface area contributed by atoms with Crippen LogP contribution in [0.5, 0.6) is 5.75 Å². The van der Waals surface area contributed by atoms with Gasteiger partial charge in [0.15, 0.2) is 6.61 Å². The third-order valence-electron chi connectivity index (χ3n) is 3.34.